The van der Waals surface area contributed by atoms with Crippen molar-refractivity contribution < 1.29 is 0 Å². The lowest BCUT2D eigenvalue weighted by molar-refractivity contribution is 0.408. The SMILES string of the molecule is C1=CC(C2CCCCC2)=CC=C(n2cc(-c3ccncn3)cn2)C1. The van der Waals surface area contributed by atoms with Crippen LogP contribution in [0, 0.1) is 5.92 Å². The van der Waals surface area contributed by atoms with Crippen molar-refractivity contribution in [2.75, 3.05) is 0 Å². The van der Waals surface area contributed by atoms with Gasteiger partial charge >= 0.3 is 0 Å². The molecule has 0 radical (unpaired) electrons. The van der Waals surface area contributed by atoms with Crippen LogP contribution in [0.1, 0.15) is 38.5 Å². The number of hydrogen-bond acceptors (Lipinski definition) is 3. The van der Waals surface area contributed by atoms with E-state index in [1.54, 1.807) is 12.5 Å². The molecule has 0 aliphatic heterocycles. The van der Waals surface area contributed by atoms with Crippen LogP contribution in [0.15, 0.2) is 60.9 Å². The number of allylic oxidation sites excluding steroid dienone is 6. The van der Waals surface area contributed by atoms with E-state index in [1.165, 1.54) is 43.4 Å². The lowest BCUT2D eigenvalue weighted by Crippen LogP contribution is -2.07. The molecule has 24 heavy (non-hydrogen) atoms. The summed E-state index contributed by atoms with van der Waals surface area (Å²) in [5.74, 6) is 0.736. The molecule has 4 rings (SSSR count). The first-order chi connectivity index (χ1) is 11.9. The van der Waals surface area contributed by atoms with Gasteiger partial charge in [-0.25, -0.2) is 14.6 Å². The van der Waals surface area contributed by atoms with Crippen LogP contribution >= 0.6 is 0 Å². The van der Waals surface area contributed by atoms with Crippen LogP contribution < -0.4 is 0 Å². The van der Waals surface area contributed by atoms with Crippen LogP contribution in [0.4, 0.5) is 0 Å². The first-order valence-corrected chi connectivity index (χ1v) is 8.79. The van der Waals surface area contributed by atoms with Crippen LogP contribution in [-0.4, -0.2) is 19.7 Å². The zero-order valence-electron chi connectivity index (χ0n) is 13.8. The molecule has 2 aromatic rings. The second-order valence-electron chi connectivity index (χ2n) is 6.53. The van der Waals surface area contributed by atoms with Gasteiger partial charge in [0.25, 0.3) is 0 Å². The first kappa shape index (κ1) is 15.1. The maximum absolute atomic E-state index is 4.52. The standard InChI is InChI=1S/C20H22N4/c1-2-5-16(6-3-1)17-7-4-8-19(10-9-17)24-14-18(13-23-24)20-11-12-21-15-22-20/h4,7,9-16H,1-3,5-6,8H2. The minimum absolute atomic E-state index is 0.736. The van der Waals surface area contributed by atoms with Crippen LogP contribution in [0.5, 0.6) is 0 Å². The Kier molecular flexibility index (Phi) is 4.36. The van der Waals surface area contributed by atoms with Crippen LogP contribution in [0.3, 0.4) is 0 Å². The molecule has 0 bridgehead atoms. The fourth-order valence-electron chi connectivity index (χ4n) is 3.58. The summed E-state index contributed by atoms with van der Waals surface area (Å²) in [7, 11) is 0. The molecule has 4 heteroatoms. The summed E-state index contributed by atoms with van der Waals surface area (Å²) in [5.41, 5.74) is 4.59. The Morgan fingerprint density at radius 1 is 1.08 bits per heavy atom. The summed E-state index contributed by atoms with van der Waals surface area (Å²) in [6, 6.07) is 1.91. The highest BCUT2D eigenvalue weighted by Crippen LogP contribution is 2.32. The molecular formula is C20H22N4. The van der Waals surface area contributed by atoms with Gasteiger partial charge in [-0.15, -0.1) is 0 Å². The van der Waals surface area contributed by atoms with Crippen LogP contribution in [0.25, 0.3) is 17.0 Å². The largest absolute Gasteiger partial charge is 0.245 e. The summed E-state index contributed by atoms with van der Waals surface area (Å²) >= 11 is 0. The van der Waals surface area contributed by atoms with Gasteiger partial charge in [0.15, 0.2) is 0 Å². The minimum atomic E-state index is 0.736. The Balaban J connectivity index is 1.56. The molecule has 2 aliphatic rings. The van der Waals surface area contributed by atoms with E-state index >= 15 is 0 Å². The average Bonchev–Trinajstić information content (AvgIpc) is 3.01. The van der Waals surface area contributed by atoms with Gasteiger partial charge in [-0.3, -0.25) is 0 Å². The third-order valence-electron chi connectivity index (χ3n) is 4.94. The fraction of sp³-hybridized carbons (Fsp3) is 0.350. The third kappa shape index (κ3) is 3.23. The fourth-order valence-corrected chi connectivity index (χ4v) is 3.58. The highest BCUT2D eigenvalue weighted by molar-refractivity contribution is 5.60. The maximum Gasteiger partial charge on any atom is 0.116 e. The van der Waals surface area contributed by atoms with Gasteiger partial charge in [0.2, 0.25) is 0 Å². The Hall–Kier alpha value is -2.49. The number of aromatic nitrogens is 4. The van der Waals surface area contributed by atoms with Gasteiger partial charge in [0.1, 0.15) is 6.33 Å². The summed E-state index contributed by atoms with van der Waals surface area (Å²) in [5, 5.41) is 4.52. The highest BCUT2D eigenvalue weighted by atomic mass is 15.3. The zero-order chi connectivity index (χ0) is 16.2. The van der Waals surface area contributed by atoms with E-state index in [0.29, 0.717) is 0 Å². The monoisotopic (exact) mass is 318 g/mol. The zero-order valence-corrected chi connectivity index (χ0v) is 13.8. The van der Waals surface area contributed by atoms with Crippen molar-refractivity contribution in [3.63, 3.8) is 0 Å². The molecule has 2 heterocycles. The van der Waals surface area contributed by atoms with E-state index in [4.69, 9.17) is 0 Å². The molecule has 0 aromatic carbocycles. The Bertz CT molecular complexity index is 777. The molecule has 1 fully saturated rings. The number of rotatable bonds is 3. The molecule has 0 amide bonds. The molecule has 0 unspecified atom stereocenters. The van der Waals surface area contributed by atoms with Crippen molar-refractivity contribution in [3.8, 4) is 11.3 Å². The molecule has 4 nitrogen and oxygen atoms in total. The summed E-state index contributed by atoms with van der Waals surface area (Å²) in [6.45, 7) is 0. The van der Waals surface area contributed by atoms with Crippen molar-refractivity contribution >= 4 is 5.70 Å². The van der Waals surface area contributed by atoms with Crippen molar-refractivity contribution in [1.29, 1.82) is 0 Å². The molecule has 122 valence electrons. The number of hydrogen-bond donors (Lipinski definition) is 0. The van der Waals surface area contributed by atoms with Gasteiger partial charge < -0.3 is 0 Å². The summed E-state index contributed by atoms with van der Waals surface area (Å²) < 4.78 is 1.96. The predicted molar refractivity (Wildman–Crippen MR) is 95.9 cm³/mol. The van der Waals surface area contributed by atoms with Crippen molar-refractivity contribution in [1.82, 2.24) is 19.7 Å². The Morgan fingerprint density at radius 2 is 2.00 bits per heavy atom. The molecule has 2 aromatic heterocycles. The molecule has 2 aliphatic carbocycles. The van der Waals surface area contributed by atoms with Crippen molar-refractivity contribution in [2.24, 2.45) is 5.92 Å². The molecular weight excluding hydrogens is 296 g/mol. The lowest BCUT2D eigenvalue weighted by Gasteiger charge is -2.22. The van der Waals surface area contributed by atoms with Crippen molar-refractivity contribution in [3.05, 3.63) is 60.9 Å². The van der Waals surface area contributed by atoms with Gasteiger partial charge in [-0.2, -0.15) is 5.10 Å². The van der Waals surface area contributed by atoms with E-state index in [9.17, 15) is 0 Å². The van der Waals surface area contributed by atoms with E-state index in [2.05, 4.69) is 39.4 Å². The van der Waals surface area contributed by atoms with Gasteiger partial charge in [0.05, 0.1) is 11.9 Å². The molecule has 0 spiro atoms. The third-order valence-corrected chi connectivity index (χ3v) is 4.94. The summed E-state index contributed by atoms with van der Waals surface area (Å²) in [6.07, 6.45) is 24.0. The molecule has 0 atom stereocenters. The minimum Gasteiger partial charge on any atom is -0.245 e. The molecule has 0 N–H and O–H groups in total. The molecule has 1 saturated carbocycles. The highest BCUT2D eigenvalue weighted by Gasteiger charge is 2.16. The quantitative estimate of drug-likeness (QED) is 0.827. The van der Waals surface area contributed by atoms with E-state index in [-0.39, 0.29) is 0 Å². The van der Waals surface area contributed by atoms with Gasteiger partial charge in [-0.1, -0.05) is 37.5 Å². The molecule has 0 saturated heterocycles. The Morgan fingerprint density at radius 3 is 2.83 bits per heavy atom. The van der Waals surface area contributed by atoms with E-state index < -0.39 is 0 Å². The Labute approximate surface area is 142 Å². The van der Waals surface area contributed by atoms with Gasteiger partial charge in [-0.05, 0) is 36.5 Å². The normalized spacial score (nSPS) is 18.8. The van der Waals surface area contributed by atoms with Crippen molar-refractivity contribution in [2.45, 2.75) is 38.5 Å². The topological polar surface area (TPSA) is 43.6 Å². The maximum atomic E-state index is 4.52. The summed E-state index contributed by atoms with van der Waals surface area (Å²) in [4.78, 5) is 8.26. The predicted octanol–water partition coefficient (Wildman–Crippen LogP) is 4.65. The second kappa shape index (κ2) is 6.95. The van der Waals surface area contributed by atoms with E-state index in [1.807, 2.05) is 23.1 Å². The number of nitrogens with zero attached hydrogens (tertiary/aromatic N) is 4. The van der Waals surface area contributed by atoms with E-state index in [0.717, 1.165) is 23.6 Å². The van der Waals surface area contributed by atoms with Crippen LogP contribution in [0.2, 0.25) is 0 Å². The smallest absolute Gasteiger partial charge is 0.116 e. The van der Waals surface area contributed by atoms with Crippen LogP contribution in [-0.2, 0) is 0 Å². The first-order valence-electron chi connectivity index (χ1n) is 8.79. The lowest BCUT2D eigenvalue weighted by atomic mass is 9.83. The second-order valence-corrected chi connectivity index (χ2v) is 6.53. The average molecular weight is 318 g/mol. The van der Waals surface area contributed by atoms with Gasteiger partial charge in [0, 0.05) is 30.1 Å².